The van der Waals surface area contributed by atoms with Crippen molar-refractivity contribution in [1.82, 2.24) is 15.0 Å². The fourth-order valence-electron chi connectivity index (χ4n) is 3.87. The lowest BCUT2D eigenvalue weighted by Crippen LogP contribution is -2.13. The van der Waals surface area contributed by atoms with Crippen LogP contribution in [0.15, 0.2) is 64.4 Å². The van der Waals surface area contributed by atoms with Gasteiger partial charge in [0, 0.05) is 16.5 Å². The number of nitrogens with one attached hydrogen (secondary N) is 2. The van der Waals surface area contributed by atoms with Crippen molar-refractivity contribution in [1.29, 1.82) is 0 Å². The Morgan fingerprint density at radius 2 is 1.94 bits per heavy atom. The number of thioether (sulfide) groups is 1. The highest BCUT2D eigenvalue weighted by Crippen LogP contribution is 2.30. The van der Waals surface area contributed by atoms with E-state index in [2.05, 4.69) is 52.3 Å². The largest absolute Gasteiger partial charge is 0.319 e. The average molecular weight is 487 g/mol. The summed E-state index contributed by atoms with van der Waals surface area (Å²) >= 11 is 2.88. The van der Waals surface area contributed by atoms with E-state index < -0.39 is 0 Å². The van der Waals surface area contributed by atoms with E-state index in [-0.39, 0.29) is 11.5 Å². The number of benzene rings is 2. The van der Waals surface area contributed by atoms with Crippen LogP contribution in [0, 0.1) is 20.8 Å². The van der Waals surface area contributed by atoms with E-state index in [0.717, 1.165) is 15.8 Å². The lowest BCUT2D eigenvalue weighted by Gasteiger charge is -2.07. The van der Waals surface area contributed by atoms with E-state index in [9.17, 15) is 9.59 Å². The van der Waals surface area contributed by atoms with E-state index in [1.807, 2.05) is 30.3 Å². The van der Waals surface area contributed by atoms with Crippen LogP contribution in [0.3, 0.4) is 0 Å². The van der Waals surface area contributed by atoms with Gasteiger partial charge in [-0.1, -0.05) is 35.9 Å². The number of thiophene rings is 1. The van der Waals surface area contributed by atoms with E-state index in [4.69, 9.17) is 0 Å². The maximum absolute atomic E-state index is 13.2. The lowest BCUT2D eigenvalue weighted by molar-refractivity contribution is 0.103. The Bertz CT molecular complexity index is 1620. The van der Waals surface area contributed by atoms with Gasteiger partial charge in [-0.05, 0) is 50.1 Å². The fourth-order valence-corrected chi connectivity index (χ4v) is 5.96. The molecule has 0 bridgehead atoms. The summed E-state index contributed by atoms with van der Waals surface area (Å²) in [7, 11) is 0. The molecule has 0 fully saturated rings. The molecular weight excluding hydrogens is 464 g/mol. The molecule has 0 unspecified atom stereocenters. The maximum atomic E-state index is 13.2. The molecular formula is C26H22N4O2S2. The number of aryl methyl sites for hydroxylation is 3. The van der Waals surface area contributed by atoms with Gasteiger partial charge in [-0.25, -0.2) is 4.98 Å². The van der Waals surface area contributed by atoms with Crippen LogP contribution in [0.1, 0.15) is 32.2 Å². The number of para-hydroxylation sites is 1. The molecule has 0 aliphatic rings. The van der Waals surface area contributed by atoms with Gasteiger partial charge >= 0.3 is 0 Å². The second-order valence-corrected chi connectivity index (χ2v) is 10.2. The zero-order valence-electron chi connectivity index (χ0n) is 18.9. The number of carbonyl (C=O) groups excluding carboxylic acids is 1. The monoisotopic (exact) mass is 486 g/mol. The molecule has 0 spiro atoms. The molecule has 2 N–H and O–H groups in total. The summed E-state index contributed by atoms with van der Waals surface area (Å²) in [5.74, 6) is 0.856. The summed E-state index contributed by atoms with van der Waals surface area (Å²) in [6.07, 6.45) is 1.70. The Morgan fingerprint density at radius 3 is 2.79 bits per heavy atom. The zero-order chi connectivity index (χ0) is 23.8. The zero-order valence-corrected chi connectivity index (χ0v) is 20.6. The van der Waals surface area contributed by atoms with E-state index in [0.29, 0.717) is 37.9 Å². The van der Waals surface area contributed by atoms with Crippen LogP contribution in [0.4, 0.5) is 5.69 Å². The van der Waals surface area contributed by atoms with Crippen molar-refractivity contribution in [2.75, 3.05) is 5.32 Å². The maximum Gasteiger partial charge on any atom is 0.266 e. The smallest absolute Gasteiger partial charge is 0.266 e. The van der Waals surface area contributed by atoms with Gasteiger partial charge in [0.1, 0.15) is 10.7 Å². The topological polar surface area (TPSA) is 87.7 Å². The van der Waals surface area contributed by atoms with Gasteiger partial charge in [-0.15, -0.1) is 23.1 Å². The van der Waals surface area contributed by atoms with Crippen LogP contribution in [0.25, 0.3) is 21.1 Å². The van der Waals surface area contributed by atoms with E-state index >= 15 is 0 Å². The Morgan fingerprint density at radius 1 is 1.12 bits per heavy atom. The molecule has 5 aromatic rings. The van der Waals surface area contributed by atoms with Gasteiger partial charge < -0.3 is 10.3 Å². The quantitative estimate of drug-likeness (QED) is 0.297. The first-order valence-electron chi connectivity index (χ1n) is 10.8. The van der Waals surface area contributed by atoms with Crippen molar-refractivity contribution in [3.63, 3.8) is 0 Å². The number of carbonyl (C=O) groups is 1. The van der Waals surface area contributed by atoms with Crippen molar-refractivity contribution in [3.8, 4) is 0 Å². The third kappa shape index (κ3) is 4.22. The number of hydrogen-bond donors (Lipinski definition) is 2. The van der Waals surface area contributed by atoms with Crippen molar-refractivity contribution < 1.29 is 4.79 Å². The van der Waals surface area contributed by atoms with E-state index in [1.165, 1.54) is 22.5 Å². The first kappa shape index (κ1) is 22.3. The number of H-pyrrole nitrogens is 1. The van der Waals surface area contributed by atoms with Crippen LogP contribution in [-0.2, 0) is 5.75 Å². The predicted molar refractivity (Wildman–Crippen MR) is 140 cm³/mol. The molecule has 0 saturated carbocycles. The minimum atomic E-state index is -0.274. The molecule has 0 radical (unpaired) electrons. The number of nitrogens with zero attached hydrogens (tertiary/aromatic N) is 2. The molecule has 2 aromatic carbocycles. The molecule has 34 heavy (non-hydrogen) atoms. The molecule has 8 heteroatoms. The second-order valence-electron chi connectivity index (χ2n) is 8.14. The van der Waals surface area contributed by atoms with Gasteiger partial charge in [0.25, 0.3) is 11.5 Å². The number of anilines is 1. The molecule has 0 aliphatic carbocycles. The van der Waals surface area contributed by atoms with Crippen LogP contribution < -0.4 is 10.9 Å². The average Bonchev–Trinajstić information content (AvgIpc) is 3.16. The second kappa shape index (κ2) is 9.04. The molecule has 5 rings (SSSR count). The van der Waals surface area contributed by atoms with Crippen molar-refractivity contribution >= 4 is 55.8 Å². The van der Waals surface area contributed by atoms with Crippen LogP contribution in [0.2, 0.25) is 0 Å². The SMILES string of the molecule is Cc1ccc(C)c(SCc2nc3sc(C(=O)Nc4cccc5cccnc45)c(C)c3c(=O)[nH]2)c1. The Hall–Kier alpha value is -3.49. The predicted octanol–water partition coefficient (Wildman–Crippen LogP) is 6.00. The Balaban J connectivity index is 1.44. The summed E-state index contributed by atoms with van der Waals surface area (Å²) in [6.45, 7) is 5.92. The van der Waals surface area contributed by atoms with Gasteiger partial charge in [-0.3, -0.25) is 14.6 Å². The summed E-state index contributed by atoms with van der Waals surface area (Å²) in [5.41, 5.74) is 4.14. The lowest BCUT2D eigenvalue weighted by atomic mass is 10.1. The Kier molecular flexibility index (Phi) is 5.93. The molecule has 3 aromatic heterocycles. The fraction of sp³-hybridized carbons (Fsp3) is 0.154. The minimum absolute atomic E-state index is 0.221. The van der Waals surface area contributed by atoms with Gasteiger partial charge in [-0.2, -0.15) is 0 Å². The summed E-state index contributed by atoms with van der Waals surface area (Å²) < 4.78 is 0. The third-order valence-electron chi connectivity index (χ3n) is 5.64. The van der Waals surface area contributed by atoms with Crippen LogP contribution in [0.5, 0.6) is 0 Å². The highest BCUT2D eigenvalue weighted by atomic mass is 32.2. The van der Waals surface area contributed by atoms with Crippen LogP contribution in [-0.4, -0.2) is 20.9 Å². The number of hydrogen-bond acceptors (Lipinski definition) is 6. The molecule has 170 valence electrons. The number of amides is 1. The molecule has 3 heterocycles. The van der Waals surface area contributed by atoms with Crippen molar-refractivity contribution in [3.05, 3.63) is 92.5 Å². The molecule has 0 aliphatic heterocycles. The van der Waals surface area contributed by atoms with E-state index in [1.54, 1.807) is 24.9 Å². The normalized spacial score (nSPS) is 11.3. The molecule has 0 saturated heterocycles. The number of fused-ring (bicyclic) bond motifs is 2. The van der Waals surface area contributed by atoms with Gasteiger partial charge in [0.15, 0.2) is 0 Å². The summed E-state index contributed by atoms with van der Waals surface area (Å²) in [5, 5.41) is 4.37. The van der Waals surface area contributed by atoms with Gasteiger partial charge in [0.05, 0.1) is 27.2 Å². The highest BCUT2D eigenvalue weighted by molar-refractivity contribution is 7.98. The number of aromatic amines is 1. The molecule has 6 nitrogen and oxygen atoms in total. The standard InChI is InChI=1S/C26H22N4O2S2/c1-14-9-10-15(2)19(12-14)33-13-20-29-24(31)21-16(3)23(34-26(21)30-20)25(32)28-18-8-4-6-17-7-5-11-27-22(17)18/h4-12H,13H2,1-3H3,(H,28,32)(H,29,30,31). The van der Waals surface area contributed by atoms with Gasteiger partial charge in [0.2, 0.25) is 0 Å². The summed E-state index contributed by atoms with van der Waals surface area (Å²) in [4.78, 5) is 40.2. The molecule has 1 amide bonds. The minimum Gasteiger partial charge on any atom is -0.319 e. The molecule has 0 atom stereocenters. The summed E-state index contributed by atoms with van der Waals surface area (Å²) in [6, 6.07) is 15.8. The Labute approximate surface area is 204 Å². The number of rotatable bonds is 5. The number of pyridine rings is 1. The number of aromatic nitrogens is 3. The first-order chi connectivity index (χ1) is 16.4. The van der Waals surface area contributed by atoms with Crippen molar-refractivity contribution in [2.24, 2.45) is 0 Å². The highest BCUT2D eigenvalue weighted by Gasteiger charge is 2.20. The first-order valence-corrected chi connectivity index (χ1v) is 12.6. The third-order valence-corrected chi connectivity index (χ3v) is 8.00. The van der Waals surface area contributed by atoms with Crippen molar-refractivity contribution in [2.45, 2.75) is 31.4 Å². The van der Waals surface area contributed by atoms with Crippen LogP contribution >= 0.6 is 23.1 Å².